The Kier molecular flexibility index (Phi) is 6.29. The van der Waals surface area contributed by atoms with Crippen molar-refractivity contribution in [1.29, 1.82) is 0 Å². The van der Waals surface area contributed by atoms with Crippen molar-refractivity contribution in [1.82, 2.24) is 10.2 Å². The van der Waals surface area contributed by atoms with Gasteiger partial charge in [-0.3, -0.25) is 9.69 Å². The lowest BCUT2D eigenvalue weighted by atomic mass is 10.0. The number of nitrogens with zero attached hydrogens (tertiary/aromatic N) is 1. The third-order valence-electron chi connectivity index (χ3n) is 4.77. The highest BCUT2D eigenvalue weighted by Gasteiger charge is 2.25. The summed E-state index contributed by atoms with van der Waals surface area (Å²) in [7, 11) is 1.61. The lowest BCUT2D eigenvalue weighted by Gasteiger charge is -2.28. The maximum Gasteiger partial charge on any atom is 0.252 e. The summed E-state index contributed by atoms with van der Waals surface area (Å²) in [5, 5.41) is 2.68. The number of nitrogens with one attached hydrogen (secondary N) is 1. The molecular formula is C20H21ClF2N2O2. The predicted molar refractivity (Wildman–Crippen MR) is 100 cm³/mol. The molecule has 1 saturated heterocycles. The zero-order valence-electron chi connectivity index (χ0n) is 15.0. The first-order chi connectivity index (χ1) is 13.0. The molecule has 1 fully saturated rings. The third kappa shape index (κ3) is 4.57. The fourth-order valence-corrected chi connectivity index (χ4v) is 3.58. The molecule has 1 aliphatic heterocycles. The minimum atomic E-state index is -1.10. The van der Waals surface area contributed by atoms with E-state index < -0.39 is 17.5 Å². The van der Waals surface area contributed by atoms with Gasteiger partial charge in [-0.2, -0.15) is 0 Å². The summed E-state index contributed by atoms with van der Waals surface area (Å²) in [4.78, 5) is 14.8. The second-order valence-electron chi connectivity index (χ2n) is 6.49. The number of ether oxygens (including phenoxy) is 1. The van der Waals surface area contributed by atoms with E-state index in [-0.39, 0.29) is 16.6 Å². The van der Waals surface area contributed by atoms with Gasteiger partial charge in [0.05, 0.1) is 23.7 Å². The van der Waals surface area contributed by atoms with Crippen molar-refractivity contribution >= 4 is 17.5 Å². The lowest BCUT2D eigenvalue weighted by molar-refractivity contribution is 0.0937. The zero-order chi connectivity index (χ0) is 19.4. The molecule has 0 radical (unpaired) electrons. The molecule has 0 spiro atoms. The normalized spacial score (nSPS) is 15.6. The fourth-order valence-electron chi connectivity index (χ4n) is 3.34. The van der Waals surface area contributed by atoms with Crippen molar-refractivity contribution in [2.45, 2.75) is 18.9 Å². The number of rotatable bonds is 6. The zero-order valence-corrected chi connectivity index (χ0v) is 15.7. The SMILES string of the molecule is COc1cccc(C(CNC(=O)c2cc(F)c(F)cc2Cl)N2CCCC2)c1. The second kappa shape index (κ2) is 8.67. The summed E-state index contributed by atoms with van der Waals surface area (Å²) < 4.78 is 32.0. The van der Waals surface area contributed by atoms with Crippen LogP contribution in [0, 0.1) is 11.6 Å². The van der Waals surface area contributed by atoms with E-state index in [0.717, 1.165) is 49.4 Å². The van der Waals surface area contributed by atoms with Gasteiger partial charge in [-0.15, -0.1) is 0 Å². The van der Waals surface area contributed by atoms with Gasteiger partial charge < -0.3 is 10.1 Å². The van der Waals surface area contributed by atoms with E-state index in [0.29, 0.717) is 6.54 Å². The van der Waals surface area contributed by atoms with E-state index >= 15 is 0 Å². The van der Waals surface area contributed by atoms with E-state index in [1.165, 1.54) is 0 Å². The number of carbonyl (C=O) groups excluding carboxylic acids is 1. The molecule has 0 aliphatic carbocycles. The van der Waals surface area contributed by atoms with Crippen molar-refractivity contribution < 1.29 is 18.3 Å². The van der Waals surface area contributed by atoms with Gasteiger partial charge in [0, 0.05) is 6.54 Å². The Bertz CT molecular complexity index is 826. The van der Waals surface area contributed by atoms with Crippen molar-refractivity contribution in [3.05, 3.63) is 64.2 Å². The minimum absolute atomic E-state index is 0.0457. The van der Waals surface area contributed by atoms with E-state index in [4.69, 9.17) is 16.3 Å². The highest BCUT2D eigenvalue weighted by atomic mass is 35.5. The highest BCUT2D eigenvalue weighted by molar-refractivity contribution is 6.33. The molecule has 1 heterocycles. The van der Waals surface area contributed by atoms with Gasteiger partial charge in [0.25, 0.3) is 5.91 Å². The number of likely N-dealkylation sites (tertiary alicyclic amines) is 1. The van der Waals surface area contributed by atoms with Crippen LogP contribution in [0.15, 0.2) is 36.4 Å². The van der Waals surface area contributed by atoms with Gasteiger partial charge in [-0.1, -0.05) is 23.7 Å². The Morgan fingerprint density at radius 1 is 1.22 bits per heavy atom. The topological polar surface area (TPSA) is 41.6 Å². The number of benzene rings is 2. The van der Waals surface area contributed by atoms with Gasteiger partial charge in [-0.05, 0) is 55.8 Å². The van der Waals surface area contributed by atoms with Crippen LogP contribution in [-0.2, 0) is 0 Å². The van der Waals surface area contributed by atoms with Gasteiger partial charge in [0.15, 0.2) is 11.6 Å². The summed E-state index contributed by atoms with van der Waals surface area (Å²) in [6, 6.07) is 9.29. The number of halogens is 3. The van der Waals surface area contributed by atoms with Crippen LogP contribution in [0.4, 0.5) is 8.78 Å². The Labute approximate surface area is 162 Å². The van der Waals surface area contributed by atoms with Crippen LogP contribution in [0.25, 0.3) is 0 Å². The highest BCUT2D eigenvalue weighted by Crippen LogP contribution is 2.27. The van der Waals surface area contributed by atoms with E-state index in [2.05, 4.69) is 10.2 Å². The number of hydrogen-bond donors (Lipinski definition) is 1. The third-order valence-corrected chi connectivity index (χ3v) is 5.08. The van der Waals surface area contributed by atoms with Crippen molar-refractivity contribution in [2.75, 3.05) is 26.7 Å². The number of carbonyl (C=O) groups is 1. The van der Waals surface area contributed by atoms with Crippen molar-refractivity contribution in [3.63, 3.8) is 0 Å². The molecule has 1 unspecified atom stereocenters. The number of amides is 1. The molecule has 27 heavy (non-hydrogen) atoms. The second-order valence-corrected chi connectivity index (χ2v) is 6.90. The van der Waals surface area contributed by atoms with Crippen LogP contribution in [-0.4, -0.2) is 37.6 Å². The van der Waals surface area contributed by atoms with Crippen LogP contribution >= 0.6 is 11.6 Å². The molecule has 1 N–H and O–H groups in total. The maximum atomic E-state index is 13.5. The van der Waals surface area contributed by atoms with Crippen LogP contribution in [0.3, 0.4) is 0 Å². The maximum absolute atomic E-state index is 13.5. The summed E-state index contributed by atoms with van der Waals surface area (Å²) >= 11 is 5.90. The Morgan fingerprint density at radius 2 is 1.93 bits per heavy atom. The molecule has 1 amide bonds. The molecule has 2 aromatic carbocycles. The molecule has 1 aliphatic rings. The first-order valence-corrected chi connectivity index (χ1v) is 9.18. The molecule has 144 valence electrons. The van der Waals surface area contributed by atoms with E-state index in [9.17, 15) is 13.6 Å². The summed E-state index contributed by atoms with van der Waals surface area (Å²) in [5.74, 6) is -1.98. The Hall–Kier alpha value is -2.18. The summed E-state index contributed by atoms with van der Waals surface area (Å²) in [6.45, 7) is 2.19. The first-order valence-electron chi connectivity index (χ1n) is 8.80. The van der Waals surface area contributed by atoms with Crippen LogP contribution < -0.4 is 10.1 Å². The molecule has 1 atom stereocenters. The number of hydrogen-bond acceptors (Lipinski definition) is 3. The molecule has 2 aromatic rings. The minimum Gasteiger partial charge on any atom is -0.497 e. The molecular weight excluding hydrogens is 374 g/mol. The summed E-state index contributed by atoms with van der Waals surface area (Å²) in [6.07, 6.45) is 2.20. The summed E-state index contributed by atoms with van der Waals surface area (Å²) in [5.41, 5.74) is 0.939. The van der Waals surface area contributed by atoms with Gasteiger partial charge in [0.1, 0.15) is 5.75 Å². The van der Waals surface area contributed by atoms with E-state index in [1.807, 2.05) is 24.3 Å². The van der Waals surface area contributed by atoms with E-state index in [1.54, 1.807) is 7.11 Å². The first kappa shape index (κ1) is 19.6. The average Bonchev–Trinajstić information content (AvgIpc) is 3.19. The molecule has 0 bridgehead atoms. The smallest absolute Gasteiger partial charge is 0.252 e. The Morgan fingerprint density at radius 3 is 2.63 bits per heavy atom. The van der Waals surface area contributed by atoms with Gasteiger partial charge >= 0.3 is 0 Å². The molecule has 0 saturated carbocycles. The monoisotopic (exact) mass is 394 g/mol. The van der Waals surface area contributed by atoms with Gasteiger partial charge in [0.2, 0.25) is 0 Å². The van der Waals surface area contributed by atoms with Crippen molar-refractivity contribution in [3.8, 4) is 5.75 Å². The molecule has 0 aromatic heterocycles. The lowest BCUT2D eigenvalue weighted by Crippen LogP contribution is -2.37. The predicted octanol–water partition coefficient (Wildman–Crippen LogP) is 4.19. The van der Waals surface area contributed by atoms with Gasteiger partial charge in [-0.25, -0.2) is 8.78 Å². The van der Waals surface area contributed by atoms with Crippen LogP contribution in [0.1, 0.15) is 34.8 Å². The molecule has 7 heteroatoms. The fraction of sp³-hybridized carbons (Fsp3) is 0.350. The molecule has 3 rings (SSSR count). The average molecular weight is 395 g/mol. The largest absolute Gasteiger partial charge is 0.497 e. The number of methoxy groups -OCH3 is 1. The Balaban J connectivity index is 1.78. The standard InChI is InChI=1S/C20H21ClF2N2O2/c1-27-14-6-4-5-13(9-14)19(25-7-2-3-8-25)12-24-20(26)15-10-17(22)18(23)11-16(15)21/h4-6,9-11,19H,2-3,7-8,12H2,1H3,(H,24,26). The van der Waals surface area contributed by atoms with Crippen molar-refractivity contribution in [2.24, 2.45) is 0 Å². The van der Waals surface area contributed by atoms with Crippen LogP contribution in [0.2, 0.25) is 5.02 Å². The molecule has 4 nitrogen and oxygen atoms in total. The quantitative estimate of drug-likeness (QED) is 0.747. The van der Waals surface area contributed by atoms with Crippen LogP contribution in [0.5, 0.6) is 5.75 Å².